The minimum atomic E-state index is -4.49. The minimum Gasteiger partial charge on any atom is -0.480 e. The summed E-state index contributed by atoms with van der Waals surface area (Å²) in [7, 11) is -3.32. The number of nitriles is 1. The van der Waals surface area contributed by atoms with Gasteiger partial charge in [-0.25, -0.2) is 32.2 Å². The van der Waals surface area contributed by atoms with E-state index in [-0.39, 0.29) is 33.9 Å². The van der Waals surface area contributed by atoms with Crippen LogP contribution >= 0.6 is 0 Å². The van der Waals surface area contributed by atoms with Gasteiger partial charge < -0.3 is 9.72 Å². The van der Waals surface area contributed by atoms with Crippen molar-refractivity contribution in [1.29, 1.82) is 5.26 Å². The summed E-state index contributed by atoms with van der Waals surface area (Å²) in [5.41, 5.74) is 0.268. The third kappa shape index (κ3) is 3.77. The molecular weight excluding hydrogens is 494 g/mol. The van der Waals surface area contributed by atoms with Gasteiger partial charge in [0.25, 0.3) is 10.0 Å². The number of ether oxygens (including phenoxy) is 1. The lowest BCUT2D eigenvalue weighted by Gasteiger charge is -2.13. The molecule has 0 saturated heterocycles. The zero-order chi connectivity index (χ0) is 25.4. The van der Waals surface area contributed by atoms with Crippen LogP contribution in [-0.4, -0.2) is 45.7 Å². The average molecular weight is 508 g/mol. The number of sulfonamides is 1. The van der Waals surface area contributed by atoms with Crippen LogP contribution < -0.4 is 9.46 Å². The molecule has 0 unspecified atom stereocenters. The molecule has 180 valence electrons. The Balaban J connectivity index is 1.60. The van der Waals surface area contributed by atoms with Crippen molar-refractivity contribution < 1.29 is 21.9 Å². The summed E-state index contributed by atoms with van der Waals surface area (Å²) < 4.78 is 62.2. The second-order valence-corrected chi connectivity index (χ2v) is 8.97. The number of pyridine rings is 2. The molecule has 0 bridgehead atoms. The van der Waals surface area contributed by atoms with Gasteiger partial charge in [-0.05, 0) is 12.1 Å². The summed E-state index contributed by atoms with van der Waals surface area (Å²) in [6, 6.07) is 6.98. The molecule has 0 saturated carbocycles. The molecule has 0 aliphatic carbocycles. The van der Waals surface area contributed by atoms with E-state index < -0.39 is 26.6 Å². The van der Waals surface area contributed by atoms with E-state index in [1.165, 1.54) is 25.4 Å². The second kappa shape index (κ2) is 8.71. The number of hydrogen-bond donors (Lipinski definition) is 3. The zero-order valence-electron chi connectivity index (χ0n) is 18.2. The number of nitrogens with one attached hydrogen (secondary N) is 3. The number of hydrogen-bond acceptors (Lipinski definition) is 8. The number of halogens is 2. The predicted octanol–water partition coefficient (Wildman–Crippen LogP) is 3.37. The van der Waals surface area contributed by atoms with E-state index in [2.05, 4.69) is 34.9 Å². The first-order valence-electron chi connectivity index (χ1n) is 10.1. The third-order valence-corrected chi connectivity index (χ3v) is 6.59. The van der Waals surface area contributed by atoms with Crippen molar-refractivity contribution in [2.45, 2.75) is 4.90 Å². The van der Waals surface area contributed by atoms with Gasteiger partial charge in [-0.15, -0.1) is 0 Å². The SMILES string of the molecule is COc1ncc(F)cc1S(=O)(=O)Nc1nccc(-c2ccc3c(-c4ncc[nH]4)[nH]nc3c2F)c1C#N. The van der Waals surface area contributed by atoms with E-state index in [0.29, 0.717) is 23.0 Å². The topological polar surface area (TPSA) is 162 Å². The first-order chi connectivity index (χ1) is 17.3. The molecule has 0 radical (unpaired) electrons. The van der Waals surface area contributed by atoms with Crippen LogP contribution in [0.3, 0.4) is 0 Å². The Labute approximate surface area is 201 Å². The molecule has 4 aromatic heterocycles. The van der Waals surface area contributed by atoms with Gasteiger partial charge in [-0.2, -0.15) is 10.4 Å². The Kier molecular flexibility index (Phi) is 5.53. The van der Waals surface area contributed by atoms with Crippen LogP contribution in [-0.2, 0) is 10.0 Å². The zero-order valence-corrected chi connectivity index (χ0v) is 19.1. The first-order valence-corrected chi connectivity index (χ1v) is 11.6. The van der Waals surface area contributed by atoms with Crippen LogP contribution in [0.15, 0.2) is 53.9 Å². The van der Waals surface area contributed by atoms with Crippen molar-refractivity contribution in [3.8, 4) is 34.6 Å². The van der Waals surface area contributed by atoms with Crippen LogP contribution in [0, 0.1) is 23.0 Å². The molecule has 0 spiro atoms. The van der Waals surface area contributed by atoms with Crippen LogP contribution in [0.2, 0.25) is 0 Å². The van der Waals surface area contributed by atoms with Crippen LogP contribution in [0.25, 0.3) is 33.5 Å². The molecule has 0 aliphatic rings. The van der Waals surface area contributed by atoms with Gasteiger partial charge in [0.15, 0.2) is 22.4 Å². The maximum atomic E-state index is 15.6. The quantitative estimate of drug-likeness (QED) is 0.314. The molecule has 3 N–H and O–H groups in total. The number of fused-ring (bicyclic) bond motifs is 1. The number of aromatic nitrogens is 6. The summed E-state index contributed by atoms with van der Waals surface area (Å²) in [6.07, 6.45) is 5.15. The Morgan fingerprint density at radius 2 is 1.94 bits per heavy atom. The second-order valence-electron chi connectivity index (χ2n) is 7.32. The summed E-state index contributed by atoms with van der Waals surface area (Å²) in [5.74, 6) is -1.94. The lowest BCUT2D eigenvalue weighted by molar-refractivity contribution is 0.382. The van der Waals surface area contributed by atoms with Crippen molar-refractivity contribution >= 4 is 26.7 Å². The number of methoxy groups -OCH3 is 1. The molecule has 4 heterocycles. The molecule has 5 aromatic rings. The van der Waals surface area contributed by atoms with Crippen LogP contribution in [0.1, 0.15) is 5.56 Å². The van der Waals surface area contributed by atoms with Gasteiger partial charge in [0.1, 0.15) is 28.7 Å². The van der Waals surface area contributed by atoms with Gasteiger partial charge in [0.2, 0.25) is 5.88 Å². The van der Waals surface area contributed by atoms with E-state index in [1.807, 2.05) is 6.07 Å². The highest BCUT2D eigenvalue weighted by atomic mass is 32.2. The van der Waals surface area contributed by atoms with E-state index in [4.69, 9.17) is 4.74 Å². The maximum absolute atomic E-state index is 15.6. The van der Waals surface area contributed by atoms with Gasteiger partial charge in [-0.3, -0.25) is 9.82 Å². The maximum Gasteiger partial charge on any atom is 0.268 e. The summed E-state index contributed by atoms with van der Waals surface area (Å²) in [5, 5.41) is 17.1. The molecular formula is C22H14F2N8O3S. The normalized spacial score (nSPS) is 11.4. The average Bonchev–Trinajstić information content (AvgIpc) is 3.54. The molecule has 5 rings (SSSR count). The van der Waals surface area contributed by atoms with Crippen molar-refractivity contribution in [1.82, 2.24) is 30.1 Å². The molecule has 0 atom stereocenters. The van der Waals surface area contributed by atoms with Crippen LogP contribution in [0.5, 0.6) is 5.88 Å². The molecule has 14 heteroatoms. The summed E-state index contributed by atoms with van der Waals surface area (Å²) in [6.45, 7) is 0. The highest BCUT2D eigenvalue weighted by Crippen LogP contribution is 2.35. The van der Waals surface area contributed by atoms with Crippen molar-refractivity contribution in [2.24, 2.45) is 0 Å². The number of H-pyrrole nitrogens is 2. The highest BCUT2D eigenvalue weighted by Gasteiger charge is 2.26. The molecule has 11 nitrogen and oxygen atoms in total. The monoisotopic (exact) mass is 508 g/mol. The van der Waals surface area contributed by atoms with Crippen molar-refractivity contribution in [3.05, 3.63) is 66.3 Å². The molecule has 1 aromatic carbocycles. The fourth-order valence-corrected chi connectivity index (χ4v) is 4.80. The molecule has 36 heavy (non-hydrogen) atoms. The Morgan fingerprint density at radius 1 is 1.11 bits per heavy atom. The fraction of sp³-hybridized carbons (Fsp3) is 0.0455. The third-order valence-electron chi connectivity index (χ3n) is 5.25. The lowest BCUT2D eigenvalue weighted by Crippen LogP contribution is -2.17. The van der Waals surface area contributed by atoms with E-state index in [1.54, 1.807) is 18.5 Å². The Hall–Kier alpha value is -4.90. The van der Waals surface area contributed by atoms with E-state index in [9.17, 15) is 18.1 Å². The van der Waals surface area contributed by atoms with E-state index in [0.717, 1.165) is 6.20 Å². The standard InChI is InChI=1S/C22H14F2N8O3S/c1-35-22-16(8-11(23)10-29-22)36(33,34)32-20-15(9-25)12(4-5-26-20)13-2-3-14-18(17(13)24)30-31-19(14)21-27-6-7-28-21/h2-8,10H,1H3,(H,26,32)(H,27,28)(H,30,31). The van der Waals surface area contributed by atoms with Crippen molar-refractivity contribution in [2.75, 3.05) is 11.8 Å². The number of rotatable bonds is 6. The Bertz CT molecular complexity index is 1760. The lowest BCUT2D eigenvalue weighted by atomic mass is 9.99. The van der Waals surface area contributed by atoms with Crippen LogP contribution in [0.4, 0.5) is 14.6 Å². The predicted molar refractivity (Wildman–Crippen MR) is 123 cm³/mol. The number of anilines is 1. The Morgan fingerprint density at radius 3 is 2.67 bits per heavy atom. The van der Waals surface area contributed by atoms with Gasteiger partial charge in [-0.1, -0.05) is 6.07 Å². The summed E-state index contributed by atoms with van der Waals surface area (Å²) in [4.78, 5) is 14.0. The number of nitrogens with zero attached hydrogens (tertiary/aromatic N) is 5. The minimum absolute atomic E-state index is 0.00250. The molecule has 0 amide bonds. The van der Waals surface area contributed by atoms with Gasteiger partial charge in [0.05, 0.1) is 13.3 Å². The number of imidazole rings is 1. The first kappa shape index (κ1) is 22.9. The molecule has 0 aliphatic heterocycles. The smallest absolute Gasteiger partial charge is 0.268 e. The van der Waals surface area contributed by atoms with Crippen molar-refractivity contribution in [3.63, 3.8) is 0 Å². The highest BCUT2D eigenvalue weighted by molar-refractivity contribution is 7.92. The fourth-order valence-electron chi connectivity index (χ4n) is 3.65. The summed E-state index contributed by atoms with van der Waals surface area (Å²) >= 11 is 0. The van der Waals surface area contributed by atoms with Gasteiger partial charge in [0, 0.05) is 41.2 Å². The number of aromatic amines is 2. The van der Waals surface area contributed by atoms with Gasteiger partial charge >= 0.3 is 0 Å². The molecule has 0 fully saturated rings. The van der Waals surface area contributed by atoms with E-state index >= 15 is 4.39 Å². The number of benzene rings is 1. The largest absolute Gasteiger partial charge is 0.480 e.